The molecule has 1 unspecified atom stereocenters. The molecule has 0 aromatic heterocycles. The van der Waals surface area contributed by atoms with Crippen LogP contribution in [0.1, 0.15) is 16.7 Å². The van der Waals surface area contributed by atoms with Gasteiger partial charge in [-0.15, -0.1) is 0 Å². The molecule has 0 spiro atoms. The second-order valence-corrected chi connectivity index (χ2v) is 8.14. The number of hydrogen-bond donors (Lipinski definition) is 3. The van der Waals surface area contributed by atoms with Crippen LogP contribution in [0.15, 0.2) is 78.9 Å². The average molecular weight is 493 g/mol. The molecule has 0 bridgehead atoms. The highest BCUT2D eigenvalue weighted by molar-refractivity contribution is 5.91. The lowest BCUT2D eigenvalue weighted by Gasteiger charge is -2.22. The number of nitrogens with zero attached hydrogens (tertiary/aromatic N) is 1. The summed E-state index contributed by atoms with van der Waals surface area (Å²) in [6, 6.07) is 17.1. The molecule has 3 aromatic carbocycles. The molecule has 9 nitrogen and oxygen atoms in total. The Morgan fingerprint density at radius 1 is 0.806 bits per heavy atom. The van der Waals surface area contributed by atoms with Gasteiger partial charge >= 0.3 is 5.97 Å². The van der Waals surface area contributed by atoms with Crippen molar-refractivity contribution in [2.45, 2.75) is 31.3 Å². The number of nitro benzene ring substituents is 1. The number of carboxylic acid groups (broad SMARTS) is 1. The summed E-state index contributed by atoms with van der Waals surface area (Å²) < 4.78 is 13.2. The van der Waals surface area contributed by atoms with Crippen molar-refractivity contribution in [1.82, 2.24) is 10.6 Å². The molecule has 0 heterocycles. The van der Waals surface area contributed by atoms with E-state index >= 15 is 0 Å². The normalized spacial score (nSPS) is 12.2. The molecule has 0 saturated carbocycles. The number of carbonyl (C=O) groups is 3. The minimum Gasteiger partial charge on any atom is -0.480 e. The van der Waals surface area contributed by atoms with Gasteiger partial charge in [0.25, 0.3) is 5.69 Å². The Morgan fingerprint density at radius 2 is 1.36 bits per heavy atom. The van der Waals surface area contributed by atoms with E-state index in [4.69, 9.17) is 0 Å². The Bertz CT molecular complexity index is 1220. The smallest absolute Gasteiger partial charge is 0.326 e. The number of aliphatic carboxylic acids is 1. The van der Waals surface area contributed by atoms with Crippen molar-refractivity contribution in [2.75, 3.05) is 0 Å². The van der Waals surface area contributed by atoms with E-state index in [1.54, 1.807) is 30.3 Å². The van der Waals surface area contributed by atoms with Gasteiger partial charge in [0, 0.05) is 25.0 Å². The number of nitrogens with one attached hydrogen (secondary N) is 2. The van der Waals surface area contributed by atoms with Crippen molar-refractivity contribution in [2.24, 2.45) is 0 Å². The van der Waals surface area contributed by atoms with Crippen molar-refractivity contribution in [3.05, 3.63) is 111 Å². The lowest BCUT2D eigenvalue weighted by molar-refractivity contribution is -0.384. The van der Waals surface area contributed by atoms with E-state index in [-0.39, 0.29) is 24.9 Å². The van der Waals surface area contributed by atoms with Crippen LogP contribution in [0.2, 0.25) is 0 Å². The number of nitro groups is 1. The van der Waals surface area contributed by atoms with Gasteiger partial charge in [-0.2, -0.15) is 0 Å². The summed E-state index contributed by atoms with van der Waals surface area (Å²) in [7, 11) is 0. The number of amides is 2. The van der Waals surface area contributed by atoms with Crippen LogP contribution in [0.25, 0.3) is 0 Å². The predicted molar refractivity (Wildman–Crippen MR) is 129 cm³/mol. The third kappa shape index (κ3) is 7.73. The molecule has 0 aliphatic carbocycles. The van der Waals surface area contributed by atoms with E-state index in [1.165, 1.54) is 48.5 Å². The van der Waals surface area contributed by atoms with Gasteiger partial charge in [0.1, 0.15) is 17.9 Å². The van der Waals surface area contributed by atoms with Crippen LogP contribution >= 0.6 is 0 Å². The molecule has 0 aliphatic heterocycles. The number of hydrogen-bond acceptors (Lipinski definition) is 5. The lowest BCUT2D eigenvalue weighted by atomic mass is 10.0. The largest absolute Gasteiger partial charge is 0.480 e. The topological polar surface area (TPSA) is 139 Å². The van der Waals surface area contributed by atoms with Crippen LogP contribution in [0.5, 0.6) is 0 Å². The summed E-state index contributed by atoms with van der Waals surface area (Å²) in [6.45, 7) is 0. The second kappa shape index (κ2) is 12.2. The quantitative estimate of drug-likeness (QED) is 0.277. The number of carboxylic acids is 1. The molecular weight excluding hydrogens is 469 g/mol. The second-order valence-electron chi connectivity index (χ2n) is 8.14. The molecule has 2 amide bonds. The van der Waals surface area contributed by atoms with Gasteiger partial charge in [-0.1, -0.05) is 54.6 Å². The van der Waals surface area contributed by atoms with Gasteiger partial charge in [0.2, 0.25) is 11.8 Å². The van der Waals surface area contributed by atoms with Crippen LogP contribution in [0.3, 0.4) is 0 Å². The molecule has 0 radical (unpaired) electrons. The van der Waals surface area contributed by atoms with E-state index in [1.807, 2.05) is 0 Å². The molecule has 3 aromatic rings. The standard InChI is InChI=1S/C26H24FN3O6/c27-20-10-6-18(7-11-20)15-23(26(33)34)29-25(32)22(14-19-8-12-21(13-9-19)30(35)36)28-24(31)16-17-4-2-1-3-5-17/h1-13,22-23H,14-16H2,(H,28,31)(H,29,32)(H,33,34)/t22-,23?/m0/s1. The monoisotopic (exact) mass is 493 g/mol. The molecule has 0 aliphatic rings. The van der Waals surface area contributed by atoms with Crippen LogP contribution in [0, 0.1) is 15.9 Å². The summed E-state index contributed by atoms with van der Waals surface area (Å²) in [5.74, 6) is -2.95. The number of benzene rings is 3. The SMILES string of the molecule is O=C(Cc1ccccc1)N[C@@H](Cc1ccc([N+](=O)[O-])cc1)C(=O)NC(Cc1ccc(F)cc1)C(=O)O. The zero-order valence-corrected chi connectivity index (χ0v) is 19.1. The summed E-state index contributed by atoms with van der Waals surface area (Å²) in [5.41, 5.74) is 1.64. The highest BCUT2D eigenvalue weighted by Gasteiger charge is 2.27. The van der Waals surface area contributed by atoms with Crippen molar-refractivity contribution < 1.29 is 28.8 Å². The van der Waals surface area contributed by atoms with Gasteiger partial charge in [-0.25, -0.2) is 9.18 Å². The van der Waals surface area contributed by atoms with Crippen molar-refractivity contribution in [1.29, 1.82) is 0 Å². The first kappa shape index (κ1) is 26.0. The molecule has 0 saturated heterocycles. The van der Waals surface area contributed by atoms with Gasteiger partial charge in [-0.3, -0.25) is 19.7 Å². The first-order valence-corrected chi connectivity index (χ1v) is 11.1. The Hall–Kier alpha value is -4.60. The first-order chi connectivity index (χ1) is 17.2. The van der Waals surface area contributed by atoms with Crippen molar-refractivity contribution >= 4 is 23.5 Å². The van der Waals surface area contributed by atoms with Crippen LogP contribution in [0.4, 0.5) is 10.1 Å². The molecule has 0 fully saturated rings. The number of non-ortho nitro benzene ring substituents is 1. The molecule has 10 heteroatoms. The third-order valence-corrected chi connectivity index (χ3v) is 5.41. The predicted octanol–water partition coefficient (Wildman–Crippen LogP) is 2.82. The summed E-state index contributed by atoms with van der Waals surface area (Å²) in [6.07, 6.45) is -0.111. The van der Waals surface area contributed by atoms with Crippen LogP contribution < -0.4 is 10.6 Å². The summed E-state index contributed by atoms with van der Waals surface area (Å²) in [4.78, 5) is 48.0. The van der Waals surface area contributed by atoms with Crippen molar-refractivity contribution in [3.8, 4) is 0 Å². The highest BCUT2D eigenvalue weighted by Crippen LogP contribution is 2.14. The minimum atomic E-state index is -1.33. The van der Waals surface area contributed by atoms with E-state index in [2.05, 4.69) is 10.6 Å². The average Bonchev–Trinajstić information content (AvgIpc) is 2.85. The maximum Gasteiger partial charge on any atom is 0.326 e. The van der Waals surface area contributed by atoms with Crippen molar-refractivity contribution in [3.63, 3.8) is 0 Å². The van der Waals surface area contributed by atoms with Crippen LogP contribution in [-0.4, -0.2) is 39.9 Å². The molecular formula is C26H24FN3O6. The molecule has 3 rings (SSSR count). The number of rotatable bonds is 11. The Labute approximate surface area is 206 Å². The Balaban J connectivity index is 1.76. The van der Waals surface area contributed by atoms with E-state index in [0.29, 0.717) is 11.1 Å². The Morgan fingerprint density at radius 3 is 1.92 bits per heavy atom. The number of halogens is 1. The minimum absolute atomic E-state index is 0.00280. The third-order valence-electron chi connectivity index (χ3n) is 5.41. The van der Waals surface area contributed by atoms with E-state index in [9.17, 15) is 34.0 Å². The van der Waals surface area contributed by atoms with Gasteiger partial charge in [0.05, 0.1) is 11.3 Å². The van der Waals surface area contributed by atoms with Crippen LogP contribution in [-0.2, 0) is 33.6 Å². The fourth-order valence-corrected chi connectivity index (χ4v) is 3.55. The molecule has 186 valence electrons. The van der Waals surface area contributed by atoms with E-state index < -0.39 is 40.6 Å². The zero-order valence-electron chi connectivity index (χ0n) is 19.1. The van der Waals surface area contributed by atoms with Gasteiger partial charge in [0.15, 0.2) is 0 Å². The fraction of sp³-hybridized carbons (Fsp3) is 0.192. The lowest BCUT2D eigenvalue weighted by Crippen LogP contribution is -2.53. The first-order valence-electron chi connectivity index (χ1n) is 11.1. The van der Waals surface area contributed by atoms with Gasteiger partial charge in [-0.05, 0) is 28.8 Å². The molecule has 36 heavy (non-hydrogen) atoms. The molecule has 2 atom stereocenters. The zero-order chi connectivity index (χ0) is 26.1. The summed E-state index contributed by atoms with van der Waals surface area (Å²) >= 11 is 0. The highest BCUT2D eigenvalue weighted by atomic mass is 19.1. The molecule has 3 N–H and O–H groups in total. The summed E-state index contributed by atoms with van der Waals surface area (Å²) in [5, 5.41) is 25.6. The van der Waals surface area contributed by atoms with Gasteiger partial charge < -0.3 is 15.7 Å². The Kier molecular flexibility index (Phi) is 8.82. The fourth-order valence-electron chi connectivity index (χ4n) is 3.55. The maximum atomic E-state index is 13.2. The maximum absolute atomic E-state index is 13.2. The number of carbonyl (C=O) groups excluding carboxylic acids is 2. The van der Waals surface area contributed by atoms with E-state index in [0.717, 1.165) is 5.56 Å².